The van der Waals surface area contributed by atoms with E-state index in [1.807, 2.05) is 51.0 Å². The smallest absolute Gasteiger partial charge is 0.194 e. The van der Waals surface area contributed by atoms with E-state index < -0.39 is 0 Å². The molecule has 1 heterocycles. The lowest BCUT2D eigenvalue weighted by atomic mass is 10.3. The molecule has 0 fully saturated rings. The van der Waals surface area contributed by atoms with Gasteiger partial charge < -0.3 is 15.0 Å². The van der Waals surface area contributed by atoms with Crippen LogP contribution in [0.3, 0.4) is 0 Å². The lowest BCUT2D eigenvalue weighted by Gasteiger charge is -2.22. The van der Waals surface area contributed by atoms with Crippen LogP contribution in [0.25, 0.3) is 0 Å². The molecule has 2 aromatic rings. The molecule has 1 atom stereocenters. The summed E-state index contributed by atoms with van der Waals surface area (Å²) in [5.41, 5.74) is 0. The van der Waals surface area contributed by atoms with E-state index in [9.17, 15) is 0 Å². The molecule has 0 spiro atoms. The summed E-state index contributed by atoms with van der Waals surface area (Å²) in [5.74, 6) is 2.41. The first kappa shape index (κ1) is 19.1. The van der Waals surface area contributed by atoms with Crippen molar-refractivity contribution >= 4 is 17.6 Å². The van der Waals surface area contributed by atoms with E-state index in [1.54, 1.807) is 17.1 Å². The number of ether oxygens (including phenoxy) is 1. The first-order valence-corrected chi connectivity index (χ1v) is 8.62. The van der Waals surface area contributed by atoms with Crippen molar-refractivity contribution in [1.82, 2.24) is 25.0 Å². The van der Waals surface area contributed by atoms with Gasteiger partial charge in [-0.15, -0.1) is 0 Å². The van der Waals surface area contributed by atoms with Crippen LogP contribution in [0.4, 0.5) is 0 Å². The number of rotatable bonds is 7. The Morgan fingerprint density at radius 3 is 2.92 bits per heavy atom. The molecule has 1 aromatic carbocycles. The average Bonchev–Trinajstić information content (AvgIpc) is 2.96. The van der Waals surface area contributed by atoms with Crippen molar-refractivity contribution in [2.24, 2.45) is 12.0 Å². The average molecular weight is 365 g/mol. The van der Waals surface area contributed by atoms with Crippen molar-refractivity contribution in [3.8, 4) is 5.75 Å². The van der Waals surface area contributed by atoms with Gasteiger partial charge >= 0.3 is 0 Å². The van der Waals surface area contributed by atoms with E-state index in [0.717, 1.165) is 24.1 Å². The van der Waals surface area contributed by atoms with Crippen LogP contribution in [0, 0.1) is 0 Å². The topological polar surface area (TPSA) is 67.6 Å². The number of nitrogens with zero attached hydrogens (tertiary/aromatic N) is 5. The van der Waals surface area contributed by atoms with Gasteiger partial charge in [0, 0.05) is 25.7 Å². The fraction of sp³-hybridized carbons (Fsp3) is 0.471. The van der Waals surface area contributed by atoms with Gasteiger partial charge in [-0.3, -0.25) is 4.68 Å². The molecule has 8 heteroatoms. The third-order valence-corrected chi connectivity index (χ3v) is 3.75. The number of aryl methyl sites for hydroxylation is 1. The molecule has 1 unspecified atom stereocenters. The van der Waals surface area contributed by atoms with Crippen LogP contribution in [0.5, 0.6) is 5.75 Å². The lowest BCUT2D eigenvalue weighted by Crippen LogP contribution is -2.39. The van der Waals surface area contributed by atoms with Crippen LogP contribution in [0.1, 0.15) is 19.7 Å². The van der Waals surface area contributed by atoms with Crippen LogP contribution in [-0.4, -0.2) is 51.9 Å². The molecule has 0 saturated heterocycles. The molecule has 0 aliphatic rings. The molecule has 0 saturated carbocycles. The summed E-state index contributed by atoms with van der Waals surface area (Å²) < 4.78 is 7.62. The maximum atomic E-state index is 5.98. The Hall–Kier alpha value is -2.28. The van der Waals surface area contributed by atoms with Crippen molar-refractivity contribution in [2.45, 2.75) is 26.5 Å². The van der Waals surface area contributed by atoms with E-state index in [2.05, 4.69) is 20.4 Å². The number of hydrogen-bond acceptors (Lipinski definition) is 4. The van der Waals surface area contributed by atoms with Gasteiger partial charge in [0.25, 0.3) is 0 Å². The molecule has 136 valence electrons. The molecular formula is C17H25ClN6O. The molecule has 0 amide bonds. The van der Waals surface area contributed by atoms with Crippen molar-refractivity contribution in [1.29, 1.82) is 0 Å². The first-order valence-electron chi connectivity index (χ1n) is 8.24. The normalized spacial score (nSPS) is 12.8. The number of halogens is 1. The minimum Gasteiger partial charge on any atom is -0.489 e. The van der Waals surface area contributed by atoms with Crippen molar-refractivity contribution < 1.29 is 4.74 Å². The Balaban J connectivity index is 1.96. The lowest BCUT2D eigenvalue weighted by molar-refractivity contribution is 0.229. The number of aliphatic imine (C=N–C) groups is 1. The van der Waals surface area contributed by atoms with Crippen molar-refractivity contribution in [2.75, 3.05) is 20.1 Å². The molecule has 1 N–H and O–H groups in total. The molecule has 0 radical (unpaired) electrons. The molecule has 0 aliphatic heterocycles. The highest BCUT2D eigenvalue weighted by Crippen LogP contribution is 2.18. The van der Waals surface area contributed by atoms with Crippen molar-refractivity contribution in [3.05, 3.63) is 41.4 Å². The first-order chi connectivity index (χ1) is 12.0. The Morgan fingerprint density at radius 2 is 2.28 bits per heavy atom. The van der Waals surface area contributed by atoms with E-state index in [0.29, 0.717) is 18.1 Å². The predicted octanol–water partition coefficient (Wildman–Crippen LogP) is 2.33. The third kappa shape index (κ3) is 5.94. The Labute approximate surface area is 153 Å². The second-order valence-electron chi connectivity index (χ2n) is 5.74. The number of aromatic nitrogens is 3. The summed E-state index contributed by atoms with van der Waals surface area (Å²) in [6.45, 7) is 5.95. The molecule has 0 aliphatic carbocycles. The zero-order chi connectivity index (χ0) is 18.2. The standard InChI is InChI=1S/C17H25ClN6O/c1-5-19-17(23(3)11-16-21-12-22-24(16)4)20-10-13(2)25-15-8-6-7-14(18)9-15/h6-9,12-13H,5,10-11H2,1-4H3,(H,19,20). The maximum absolute atomic E-state index is 5.98. The summed E-state index contributed by atoms with van der Waals surface area (Å²) >= 11 is 5.98. The molecule has 0 bridgehead atoms. The van der Waals surface area contributed by atoms with Gasteiger partial charge in [0.15, 0.2) is 5.96 Å². The van der Waals surface area contributed by atoms with Crippen molar-refractivity contribution in [3.63, 3.8) is 0 Å². The highest BCUT2D eigenvalue weighted by Gasteiger charge is 2.11. The highest BCUT2D eigenvalue weighted by atomic mass is 35.5. The summed E-state index contributed by atoms with van der Waals surface area (Å²) in [5, 5.41) is 8.03. The number of nitrogens with one attached hydrogen (secondary N) is 1. The SMILES string of the molecule is CCNC(=NCC(C)Oc1cccc(Cl)c1)N(C)Cc1ncnn1C. The summed E-state index contributed by atoms with van der Waals surface area (Å²) in [6, 6.07) is 7.37. The van der Waals surface area contributed by atoms with Gasteiger partial charge in [-0.05, 0) is 32.0 Å². The zero-order valence-corrected chi connectivity index (χ0v) is 15.9. The molecule has 2 rings (SSSR count). The quantitative estimate of drug-likeness (QED) is 0.603. The van der Waals surface area contributed by atoms with Crippen LogP contribution in [0.2, 0.25) is 5.02 Å². The largest absolute Gasteiger partial charge is 0.489 e. The Morgan fingerprint density at radius 1 is 1.48 bits per heavy atom. The van der Waals surface area contributed by atoms with E-state index in [-0.39, 0.29) is 6.10 Å². The molecular weight excluding hydrogens is 340 g/mol. The fourth-order valence-electron chi connectivity index (χ4n) is 2.24. The second kappa shape index (κ2) is 9.27. The Bertz CT molecular complexity index is 702. The second-order valence-corrected chi connectivity index (χ2v) is 6.17. The van der Waals surface area contributed by atoms with E-state index in [4.69, 9.17) is 16.3 Å². The van der Waals surface area contributed by atoms with E-state index in [1.165, 1.54) is 0 Å². The van der Waals surface area contributed by atoms with Gasteiger partial charge in [0.1, 0.15) is 24.0 Å². The molecule has 7 nitrogen and oxygen atoms in total. The van der Waals surface area contributed by atoms with Gasteiger partial charge in [-0.1, -0.05) is 17.7 Å². The summed E-state index contributed by atoms with van der Waals surface area (Å²) in [4.78, 5) is 10.9. The monoisotopic (exact) mass is 364 g/mol. The maximum Gasteiger partial charge on any atom is 0.194 e. The zero-order valence-electron chi connectivity index (χ0n) is 15.1. The van der Waals surface area contributed by atoms with Crippen LogP contribution < -0.4 is 10.1 Å². The highest BCUT2D eigenvalue weighted by molar-refractivity contribution is 6.30. The number of hydrogen-bond donors (Lipinski definition) is 1. The molecule has 1 aromatic heterocycles. The van der Waals surface area contributed by atoms with Gasteiger partial charge in [-0.2, -0.15) is 5.10 Å². The van der Waals surface area contributed by atoms with Crippen LogP contribution in [-0.2, 0) is 13.6 Å². The number of guanidine groups is 1. The van der Waals surface area contributed by atoms with Gasteiger partial charge in [-0.25, -0.2) is 9.98 Å². The third-order valence-electron chi connectivity index (χ3n) is 3.51. The van der Waals surface area contributed by atoms with Gasteiger partial charge in [0.2, 0.25) is 0 Å². The van der Waals surface area contributed by atoms with Crippen LogP contribution >= 0.6 is 11.6 Å². The van der Waals surface area contributed by atoms with Crippen LogP contribution in [0.15, 0.2) is 35.6 Å². The summed E-state index contributed by atoms with van der Waals surface area (Å²) in [6.07, 6.45) is 1.48. The fourth-order valence-corrected chi connectivity index (χ4v) is 2.43. The minimum atomic E-state index is -0.0737. The Kier molecular flexibility index (Phi) is 7.06. The number of benzene rings is 1. The van der Waals surface area contributed by atoms with E-state index >= 15 is 0 Å². The predicted molar refractivity (Wildman–Crippen MR) is 100.0 cm³/mol. The molecule has 25 heavy (non-hydrogen) atoms. The summed E-state index contributed by atoms with van der Waals surface area (Å²) in [7, 11) is 3.85. The van der Waals surface area contributed by atoms with Gasteiger partial charge in [0.05, 0.1) is 13.1 Å². The minimum absolute atomic E-state index is 0.0737.